The highest BCUT2D eigenvalue weighted by molar-refractivity contribution is 5.86. The van der Waals surface area contributed by atoms with Crippen LogP contribution in [0.4, 0.5) is 0 Å². The van der Waals surface area contributed by atoms with Crippen LogP contribution in [-0.2, 0) is 0 Å². The average Bonchev–Trinajstić information content (AvgIpc) is 2.35. The molecular weight excluding hydrogens is 218 g/mol. The number of hydrogen-bond acceptors (Lipinski definition) is 1. The minimum atomic E-state index is 0.745. The highest BCUT2D eigenvalue weighted by atomic mass is 14.7. The van der Waals surface area contributed by atoms with Gasteiger partial charge in [-0.15, -0.1) is 0 Å². The predicted octanol–water partition coefficient (Wildman–Crippen LogP) is 5.51. The number of aliphatic imine (C=N–C) groups is 1. The van der Waals surface area contributed by atoms with Crippen molar-refractivity contribution in [2.75, 3.05) is 0 Å². The van der Waals surface area contributed by atoms with Gasteiger partial charge in [-0.25, -0.2) is 0 Å². The van der Waals surface area contributed by atoms with E-state index in [-0.39, 0.29) is 0 Å². The largest absolute Gasteiger partial charge is 0.266 e. The quantitative estimate of drug-likeness (QED) is 0.535. The molecule has 18 heavy (non-hydrogen) atoms. The van der Waals surface area contributed by atoms with Gasteiger partial charge in [0.15, 0.2) is 0 Å². The maximum Gasteiger partial charge on any atom is 0.0259 e. The highest BCUT2D eigenvalue weighted by Crippen LogP contribution is 2.34. The number of fused-ring (bicyclic) bond motifs is 1. The SMILES string of the molecule is CC1=CN=C(C)C2CCCCCCCCCCC12. The summed E-state index contributed by atoms with van der Waals surface area (Å²) in [6.07, 6.45) is 16.4. The van der Waals surface area contributed by atoms with Gasteiger partial charge in [-0.2, -0.15) is 0 Å². The summed E-state index contributed by atoms with van der Waals surface area (Å²) in [4.78, 5) is 4.62. The lowest BCUT2D eigenvalue weighted by atomic mass is 9.76. The maximum absolute atomic E-state index is 4.62. The first-order valence-electron chi connectivity index (χ1n) is 8.00. The monoisotopic (exact) mass is 247 g/mol. The summed E-state index contributed by atoms with van der Waals surface area (Å²) in [6.45, 7) is 4.53. The third-order valence-corrected chi connectivity index (χ3v) is 4.86. The van der Waals surface area contributed by atoms with Gasteiger partial charge in [0.2, 0.25) is 0 Å². The van der Waals surface area contributed by atoms with E-state index in [1.54, 1.807) is 0 Å². The van der Waals surface area contributed by atoms with E-state index in [0.29, 0.717) is 0 Å². The summed E-state index contributed by atoms with van der Waals surface area (Å²) < 4.78 is 0. The number of allylic oxidation sites excluding steroid dienone is 1. The molecule has 2 unspecified atom stereocenters. The van der Waals surface area contributed by atoms with Crippen LogP contribution in [0.2, 0.25) is 0 Å². The smallest absolute Gasteiger partial charge is 0.0259 e. The zero-order valence-electron chi connectivity index (χ0n) is 12.3. The first-order chi connectivity index (χ1) is 8.79. The van der Waals surface area contributed by atoms with Gasteiger partial charge < -0.3 is 0 Å². The van der Waals surface area contributed by atoms with E-state index >= 15 is 0 Å². The van der Waals surface area contributed by atoms with Gasteiger partial charge in [-0.05, 0) is 32.6 Å². The molecule has 0 N–H and O–H groups in total. The molecule has 2 aliphatic rings. The molecule has 0 aromatic heterocycles. The molecule has 1 nitrogen and oxygen atoms in total. The predicted molar refractivity (Wildman–Crippen MR) is 80.0 cm³/mol. The molecule has 0 saturated heterocycles. The van der Waals surface area contributed by atoms with Crippen molar-refractivity contribution in [2.45, 2.75) is 78.1 Å². The summed E-state index contributed by atoms with van der Waals surface area (Å²) in [6, 6.07) is 0. The number of hydrogen-bond donors (Lipinski definition) is 0. The summed E-state index contributed by atoms with van der Waals surface area (Å²) in [7, 11) is 0. The van der Waals surface area contributed by atoms with Crippen LogP contribution < -0.4 is 0 Å². The molecule has 1 heterocycles. The van der Waals surface area contributed by atoms with Gasteiger partial charge >= 0.3 is 0 Å². The minimum Gasteiger partial charge on any atom is -0.266 e. The fourth-order valence-corrected chi connectivity index (χ4v) is 3.63. The molecule has 2 rings (SSSR count). The van der Waals surface area contributed by atoms with Crippen molar-refractivity contribution in [3.8, 4) is 0 Å². The van der Waals surface area contributed by atoms with Crippen molar-refractivity contribution in [1.82, 2.24) is 0 Å². The minimum absolute atomic E-state index is 0.745. The molecule has 0 bridgehead atoms. The molecule has 0 aromatic rings. The Balaban J connectivity index is 2.00. The zero-order chi connectivity index (χ0) is 12.8. The van der Waals surface area contributed by atoms with Crippen LogP contribution in [0.1, 0.15) is 78.1 Å². The lowest BCUT2D eigenvalue weighted by Gasteiger charge is -2.31. The Morgan fingerprint density at radius 3 is 1.89 bits per heavy atom. The van der Waals surface area contributed by atoms with Crippen molar-refractivity contribution in [1.29, 1.82) is 0 Å². The normalized spacial score (nSPS) is 31.4. The van der Waals surface area contributed by atoms with Crippen LogP contribution in [0.25, 0.3) is 0 Å². The Morgan fingerprint density at radius 2 is 1.28 bits per heavy atom. The van der Waals surface area contributed by atoms with E-state index in [2.05, 4.69) is 25.0 Å². The van der Waals surface area contributed by atoms with Gasteiger partial charge in [0.25, 0.3) is 0 Å². The Kier molecular flexibility index (Phi) is 5.46. The van der Waals surface area contributed by atoms with Gasteiger partial charge in [0, 0.05) is 17.8 Å². The van der Waals surface area contributed by atoms with Crippen molar-refractivity contribution in [3.05, 3.63) is 11.8 Å². The molecule has 1 heteroatoms. The lowest BCUT2D eigenvalue weighted by Crippen LogP contribution is -2.26. The van der Waals surface area contributed by atoms with E-state index in [9.17, 15) is 0 Å². The van der Waals surface area contributed by atoms with Crippen LogP contribution in [0.3, 0.4) is 0 Å². The van der Waals surface area contributed by atoms with Crippen molar-refractivity contribution in [3.63, 3.8) is 0 Å². The van der Waals surface area contributed by atoms with Gasteiger partial charge in [0.05, 0.1) is 0 Å². The molecule has 1 saturated carbocycles. The molecule has 0 spiro atoms. The second-order valence-corrected chi connectivity index (χ2v) is 6.26. The van der Waals surface area contributed by atoms with Crippen LogP contribution in [0.15, 0.2) is 16.8 Å². The molecule has 102 valence electrons. The van der Waals surface area contributed by atoms with Gasteiger partial charge in [-0.3, -0.25) is 4.99 Å². The summed E-state index contributed by atoms with van der Waals surface area (Å²) in [5.41, 5.74) is 2.92. The van der Waals surface area contributed by atoms with Crippen LogP contribution in [0, 0.1) is 11.8 Å². The molecule has 1 aliphatic heterocycles. The third kappa shape index (κ3) is 3.70. The molecule has 0 amide bonds. The maximum atomic E-state index is 4.62. The zero-order valence-corrected chi connectivity index (χ0v) is 12.3. The van der Waals surface area contributed by atoms with E-state index in [1.807, 2.05) is 0 Å². The Bertz CT molecular complexity index is 282. The molecule has 1 fully saturated rings. The summed E-state index contributed by atoms with van der Waals surface area (Å²) in [5.74, 6) is 1.54. The lowest BCUT2D eigenvalue weighted by molar-refractivity contribution is 0.376. The van der Waals surface area contributed by atoms with Crippen LogP contribution in [-0.4, -0.2) is 5.71 Å². The van der Waals surface area contributed by atoms with Gasteiger partial charge in [-0.1, -0.05) is 56.9 Å². The van der Waals surface area contributed by atoms with E-state index in [1.165, 1.54) is 75.5 Å². The van der Waals surface area contributed by atoms with Crippen molar-refractivity contribution in [2.24, 2.45) is 16.8 Å². The number of nitrogens with zero attached hydrogens (tertiary/aromatic N) is 1. The second kappa shape index (κ2) is 7.11. The topological polar surface area (TPSA) is 12.4 Å². The fourth-order valence-electron chi connectivity index (χ4n) is 3.63. The standard InChI is InChI=1S/C17H29N/c1-14-13-18-15(2)17-12-10-8-6-4-3-5-7-9-11-16(14)17/h13,16-17H,3-12H2,1-2H3. The highest BCUT2D eigenvalue weighted by Gasteiger charge is 2.27. The van der Waals surface area contributed by atoms with Crippen molar-refractivity contribution >= 4 is 5.71 Å². The first kappa shape index (κ1) is 13.8. The fraction of sp³-hybridized carbons (Fsp3) is 0.824. The Morgan fingerprint density at radius 1 is 0.778 bits per heavy atom. The first-order valence-corrected chi connectivity index (χ1v) is 8.00. The summed E-state index contributed by atoms with van der Waals surface area (Å²) >= 11 is 0. The molecule has 0 radical (unpaired) electrons. The third-order valence-electron chi connectivity index (χ3n) is 4.86. The number of rotatable bonds is 0. The van der Waals surface area contributed by atoms with Crippen LogP contribution >= 0.6 is 0 Å². The second-order valence-electron chi connectivity index (χ2n) is 6.26. The van der Waals surface area contributed by atoms with E-state index < -0.39 is 0 Å². The Hall–Kier alpha value is -0.590. The van der Waals surface area contributed by atoms with E-state index in [0.717, 1.165) is 11.8 Å². The van der Waals surface area contributed by atoms with Crippen LogP contribution in [0.5, 0.6) is 0 Å². The molecule has 0 aromatic carbocycles. The summed E-state index contributed by atoms with van der Waals surface area (Å²) in [5, 5.41) is 0. The molecule has 2 atom stereocenters. The van der Waals surface area contributed by atoms with E-state index in [4.69, 9.17) is 0 Å². The average molecular weight is 247 g/mol. The molecular formula is C17H29N. The van der Waals surface area contributed by atoms with Gasteiger partial charge in [0.1, 0.15) is 0 Å². The Labute approximate surface area is 113 Å². The molecule has 1 aliphatic carbocycles. The van der Waals surface area contributed by atoms with Crippen molar-refractivity contribution < 1.29 is 0 Å².